The zero-order valence-corrected chi connectivity index (χ0v) is 13.1. The Morgan fingerprint density at radius 2 is 2.29 bits per heavy atom. The Balaban J connectivity index is 1.75. The number of carbonyl (C=O) groups is 1. The average molecular weight is 304 g/mol. The first kappa shape index (κ1) is 15.5. The van der Waals surface area contributed by atoms with Gasteiger partial charge in [0.25, 0.3) is 0 Å². The normalized spacial score (nSPS) is 10.8. The first-order chi connectivity index (χ1) is 10.0. The fourth-order valence-electron chi connectivity index (χ4n) is 1.97. The van der Waals surface area contributed by atoms with Crippen molar-refractivity contribution in [1.29, 1.82) is 0 Å². The van der Waals surface area contributed by atoms with E-state index in [9.17, 15) is 4.79 Å². The van der Waals surface area contributed by atoms with E-state index in [1.807, 2.05) is 26.1 Å². The number of amides is 1. The minimum absolute atomic E-state index is 0.0121. The maximum absolute atomic E-state index is 11.9. The Labute approximate surface area is 128 Å². The molecular weight excluding hydrogens is 284 g/mol. The summed E-state index contributed by atoms with van der Waals surface area (Å²) in [7, 11) is 1.99. The van der Waals surface area contributed by atoms with Crippen molar-refractivity contribution in [3.05, 3.63) is 40.3 Å². The van der Waals surface area contributed by atoms with Crippen LogP contribution in [0.2, 0.25) is 0 Å². The van der Waals surface area contributed by atoms with E-state index >= 15 is 0 Å². The van der Waals surface area contributed by atoms with Gasteiger partial charge in [-0.05, 0) is 32.2 Å². The van der Waals surface area contributed by atoms with Crippen LogP contribution >= 0.6 is 11.3 Å². The van der Waals surface area contributed by atoms with Gasteiger partial charge < -0.3 is 16.0 Å². The molecule has 6 heteroatoms. The molecule has 1 amide bonds. The highest BCUT2D eigenvalue weighted by atomic mass is 32.1. The van der Waals surface area contributed by atoms with Crippen molar-refractivity contribution in [3.63, 3.8) is 0 Å². The van der Waals surface area contributed by atoms with E-state index in [-0.39, 0.29) is 5.91 Å². The van der Waals surface area contributed by atoms with Crippen molar-refractivity contribution >= 4 is 28.6 Å². The van der Waals surface area contributed by atoms with Crippen LogP contribution in [0.1, 0.15) is 17.1 Å². The zero-order chi connectivity index (χ0) is 15.2. The molecule has 0 aliphatic rings. The maximum atomic E-state index is 11.9. The lowest BCUT2D eigenvalue weighted by atomic mass is 10.2. The van der Waals surface area contributed by atoms with Crippen LogP contribution in [0.15, 0.2) is 29.6 Å². The Bertz CT molecular complexity index is 611. The number of nitrogens with one attached hydrogen (secondary N) is 1. The van der Waals surface area contributed by atoms with Gasteiger partial charge in [0.05, 0.1) is 10.7 Å². The number of benzene rings is 1. The number of anilines is 2. The van der Waals surface area contributed by atoms with Crippen molar-refractivity contribution in [3.8, 4) is 0 Å². The van der Waals surface area contributed by atoms with Crippen molar-refractivity contribution in [2.45, 2.75) is 19.9 Å². The highest BCUT2D eigenvalue weighted by Crippen LogP contribution is 2.12. The molecule has 1 heterocycles. The van der Waals surface area contributed by atoms with E-state index in [1.54, 1.807) is 23.5 Å². The molecule has 0 saturated carbocycles. The Morgan fingerprint density at radius 1 is 1.48 bits per heavy atom. The topological polar surface area (TPSA) is 71.2 Å². The quantitative estimate of drug-likeness (QED) is 0.804. The summed E-state index contributed by atoms with van der Waals surface area (Å²) in [6.45, 7) is 3.44. The molecule has 1 aromatic carbocycles. The molecule has 3 N–H and O–H groups in total. The van der Waals surface area contributed by atoms with E-state index < -0.39 is 0 Å². The van der Waals surface area contributed by atoms with Crippen LogP contribution in [0.4, 0.5) is 11.4 Å². The van der Waals surface area contributed by atoms with E-state index in [0.717, 1.165) is 22.9 Å². The van der Waals surface area contributed by atoms with Gasteiger partial charge >= 0.3 is 0 Å². The number of aryl methyl sites for hydroxylation is 1. The van der Waals surface area contributed by atoms with Crippen LogP contribution in [-0.4, -0.2) is 29.4 Å². The summed E-state index contributed by atoms with van der Waals surface area (Å²) in [6, 6.07) is 7.19. The third-order valence-corrected chi connectivity index (χ3v) is 3.81. The van der Waals surface area contributed by atoms with Gasteiger partial charge in [0.2, 0.25) is 5.91 Å². The number of hydrogen-bond acceptors (Lipinski definition) is 5. The van der Waals surface area contributed by atoms with E-state index in [2.05, 4.69) is 20.6 Å². The summed E-state index contributed by atoms with van der Waals surface area (Å²) in [5.41, 5.74) is 8.11. The predicted molar refractivity (Wildman–Crippen MR) is 87.3 cm³/mol. The lowest BCUT2D eigenvalue weighted by Crippen LogP contribution is -2.24. The summed E-state index contributed by atoms with van der Waals surface area (Å²) < 4.78 is 0. The molecule has 0 saturated heterocycles. The molecule has 0 spiro atoms. The van der Waals surface area contributed by atoms with Crippen LogP contribution in [-0.2, 0) is 11.3 Å². The van der Waals surface area contributed by atoms with Crippen LogP contribution in [0.3, 0.4) is 0 Å². The molecule has 0 atom stereocenters. The minimum Gasteiger partial charge on any atom is -0.399 e. The summed E-state index contributed by atoms with van der Waals surface area (Å²) >= 11 is 1.64. The largest absolute Gasteiger partial charge is 0.399 e. The average Bonchev–Trinajstić information content (AvgIpc) is 2.82. The molecule has 0 aliphatic heterocycles. The summed E-state index contributed by atoms with van der Waals surface area (Å²) in [5, 5.41) is 5.97. The van der Waals surface area contributed by atoms with Gasteiger partial charge in [0, 0.05) is 36.3 Å². The summed E-state index contributed by atoms with van der Waals surface area (Å²) in [6.07, 6.45) is 0.439. The monoisotopic (exact) mass is 304 g/mol. The standard InChI is InChI=1S/C15H20N4OS/c1-11-17-14(10-21-11)9-19(2)7-6-15(20)18-13-5-3-4-12(16)8-13/h3-5,8,10H,6-7,9,16H2,1-2H3,(H,18,20). The second-order valence-electron chi connectivity index (χ2n) is 5.02. The number of nitrogens with zero attached hydrogens (tertiary/aromatic N) is 2. The smallest absolute Gasteiger partial charge is 0.225 e. The molecule has 0 unspecified atom stereocenters. The Morgan fingerprint density at radius 3 is 2.95 bits per heavy atom. The number of aromatic nitrogens is 1. The Hall–Kier alpha value is -1.92. The van der Waals surface area contributed by atoms with Gasteiger partial charge in [-0.1, -0.05) is 6.07 Å². The molecular formula is C15H20N4OS. The molecule has 0 fully saturated rings. The fourth-order valence-corrected chi connectivity index (χ4v) is 2.57. The maximum Gasteiger partial charge on any atom is 0.225 e. The van der Waals surface area contributed by atoms with E-state index in [4.69, 9.17) is 5.73 Å². The van der Waals surface area contributed by atoms with Gasteiger partial charge in [0.1, 0.15) is 0 Å². The van der Waals surface area contributed by atoms with E-state index in [0.29, 0.717) is 18.7 Å². The highest BCUT2D eigenvalue weighted by Gasteiger charge is 2.07. The molecule has 1 aromatic heterocycles. The molecule has 2 aromatic rings. The molecule has 0 aliphatic carbocycles. The highest BCUT2D eigenvalue weighted by molar-refractivity contribution is 7.09. The zero-order valence-electron chi connectivity index (χ0n) is 12.3. The lowest BCUT2D eigenvalue weighted by Gasteiger charge is -2.15. The van der Waals surface area contributed by atoms with Crippen LogP contribution in [0.5, 0.6) is 0 Å². The van der Waals surface area contributed by atoms with E-state index in [1.165, 1.54) is 0 Å². The number of nitrogens with two attached hydrogens (primary N) is 1. The van der Waals surface area contributed by atoms with Gasteiger partial charge in [-0.3, -0.25) is 4.79 Å². The minimum atomic E-state index is -0.0121. The Kier molecular flexibility index (Phi) is 5.30. The van der Waals surface area contributed by atoms with Crippen molar-refractivity contribution in [2.75, 3.05) is 24.6 Å². The van der Waals surface area contributed by atoms with Crippen LogP contribution < -0.4 is 11.1 Å². The van der Waals surface area contributed by atoms with Gasteiger partial charge in [-0.2, -0.15) is 0 Å². The molecule has 5 nitrogen and oxygen atoms in total. The second kappa shape index (κ2) is 7.19. The van der Waals surface area contributed by atoms with Gasteiger partial charge in [-0.25, -0.2) is 4.98 Å². The number of carbonyl (C=O) groups excluding carboxylic acids is 1. The first-order valence-corrected chi connectivity index (χ1v) is 7.66. The number of nitrogen functional groups attached to an aromatic ring is 1. The lowest BCUT2D eigenvalue weighted by molar-refractivity contribution is -0.116. The number of thiazole rings is 1. The third-order valence-electron chi connectivity index (χ3n) is 2.99. The molecule has 0 radical (unpaired) electrons. The molecule has 112 valence electrons. The van der Waals surface area contributed by atoms with Crippen molar-refractivity contribution < 1.29 is 4.79 Å². The summed E-state index contributed by atoms with van der Waals surface area (Å²) in [5.74, 6) is -0.0121. The van der Waals surface area contributed by atoms with Gasteiger partial charge in [-0.15, -0.1) is 11.3 Å². The van der Waals surface area contributed by atoms with Gasteiger partial charge in [0.15, 0.2) is 0 Å². The predicted octanol–water partition coefficient (Wildman–Crippen LogP) is 2.49. The van der Waals surface area contributed by atoms with Crippen LogP contribution in [0.25, 0.3) is 0 Å². The number of rotatable bonds is 6. The number of hydrogen-bond donors (Lipinski definition) is 2. The molecule has 21 heavy (non-hydrogen) atoms. The third kappa shape index (κ3) is 5.17. The van der Waals surface area contributed by atoms with Crippen LogP contribution in [0, 0.1) is 6.92 Å². The second-order valence-corrected chi connectivity index (χ2v) is 6.08. The SMILES string of the molecule is Cc1nc(CN(C)CCC(=O)Nc2cccc(N)c2)cs1. The van der Waals surface area contributed by atoms with Crippen molar-refractivity contribution in [2.24, 2.45) is 0 Å². The summed E-state index contributed by atoms with van der Waals surface area (Å²) in [4.78, 5) is 18.4. The fraction of sp³-hybridized carbons (Fsp3) is 0.333. The first-order valence-electron chi connectivity index (χ1n) is 6.78. The van der Waals surface area contributed by atoms with Crippen molar-refractivity contribution in [1.82, 2.24) is 9.88 Å². The molecule has 0 bridgehead atoms. The molecule has 2 rings (SSSR count).